The van der Waals surface area contributed by atoms with Crippen LogP contribution in [0, 0.1) is 0 Å². The molecule has 1 amide bonds. The quantitative estimate of drug-likeness (QED) is 0.553. The van der Waals surface area contributed by atoms with E-state index in [-0.39, 0.29) is 28.8 Å². The van der Waals surface area contributed by atoms with Crippen molar-refractivity contribution in [3.8, 4) is 0 Å². The number of hydrogen-bond acceptors (Lipinski definition) is 4. The maximum Gasteiger partial charge on any atom is 0.303 e. The fraction of sp³-hybridized carbons (Fsp3) is 0.500. The highest BCUT2D eigenvalue weighted by molar-refractivity contribution is 7.89. The van der Waals surface area contributed by atoms with Crippen molar-refractivity contribution >= 4 is 21.9 Å². The van der Waals surface area contributed by atoms with Gasteiger partial charge in [-0.05, 0) is 44.9 Å². The fourth-order valence-electron chi connectivity index (χ4n) is 2.06. The number of sulfonamides is 1. The Morgan fingerprint density at radius 2 is 1.88 bits per heavy atom. The van der Waals surface area contributed by atoms with E-state index >= 15 is 0 Å². The first-order valence-corrected chi connectivity index (χ1v) is 9.33. The van der Waals surface area contributed by atoms with Crippen LogP contribution in [0.2, 0.25) is 0 Å². The van der Waals surface area contributed by atoms with E-state index in [2.05, 4.69) is 10.0 Å². The zero-order valence-corrected chi connectivity index (χ0v) is 14.7. The highest BCUT2D eigenvalue weighted by Crippen LogP contribution is 2.12. The van der Waals surface area contributed by atoms with Crippen molar-refractivity contribution in [3.63, 3.8) is 0 Å². The lowest BCUT2D eigenvalue weighted by Gasteiger charge is -2.11. The number of aliphatic carboxylic acids is 1. The van der Waals surface area contributed by atoms with E-state index in [1.54, 1.807) is 19.9 Å². The third kappa shape index (κ3) is 7.10. The van der Waals surface area contributed by atoms with Crippen molar-refractivity contribution in [3.05, 3.63) is 29.8 Å². The highest BCUT2D eigenvalue weighted by atomic mass is 32.2. The summed E-state index contributed by atoms with van der Waals surface area (Å²) >= 11 is 0. The van der Waals surface area contributed by atoms with Crippen LogP contribution < -0.4 is 10.0 Å². The minimum atomic E-state index is -3.64. The van der Waals surface area contributed by atoms with Crippen molar-refractivity contribution in [1.82, 2.24) is 10.0 Å². The molecule has 134 valence electrons. The largest absolute Gasteiger partial charge is 0.481 e. The van der Waals surface area contributed by atoms with Crippen LogP contribution in [0.25, 0.3) is 0 Å². The van der Waals surface area contributed by atoms with Crippen LogP contribution in [0.5, 0.6) is 0 Å². The van der Waals surface area contributed by atoms with Crippen LogP contribution in [-0.2, 0) is 14.8 Å². The average Bonchev–Trinajstić information content (AvgIpc) is 2.49. The number of amides is 1. The van der Waals surface area contributed by atoms with Crippen molar-refractivity contribution in [2.24, 2.45) is 0 Å². The van der Waals surface area contributed by atoms with Gasteiger partial charge in [0.2, 0.25) is 10.0 Å². The SMILES string of the molecule is CC(C)NS(=O)(=O)c1cccc(C(=O)NCCCCCC(=O)O)c1. The Hall–Kier alpha value is -1.93. The van der Waals surface area contributed by atoms with Gasteiger partial charge in [-0.2, -0.15) is 0 Å². The second kappa shape index (κ2) is 9.39. The van der Waals surface area contributed by atoms with Crippen LogP contribution in [0.15, 0.2) is 29.2 Å². The van der Waals surface area contributed by atoms with Crippen LogP contribution in [0.4, 0.5) is 0 Å². The summed E-state index contributed by atoms with van der Waals surface area (Å²) in [6.07, 6.45) is 2.07. The number of carboxylic acid groups (broad SMARTS) is 1. The van der Waals surface area contributed by atoms with Gasteiger partial charge in [-0.3, -0.25) is 9.59 Å². The number of benzene rings is 1. The monoisotopic (exact) mass is 356 g/mol. The van der Waals surface area contributed by atoms with Gasteiger partial charge >= 0.3 is 5.97 Å². The second-order valence-electron chi connectivity index (χ2n) is 5.76. The number of carbonyl (C=O) groups is 2. The molecule has 0 aliphatic carbocycles. The Kier molecular flexibility index (Phi) is 7.87. The van der Waals surface area contributed by atoms with Gasteiger partial charge in [0, 0.05) is 24.6 Å². The van der Waals surface area contributed by atoms with E-state index in [9.17, 15) is 18.0 Å². The van der Waals surface area contributed by atoms with Crippen LogP contribution in [0.1, 0.15) is 49.9 Å². The number of rotatable bonds is 10. The van der Waals surface area contributed by atoms with Gasteiger partial charge in [0.05, 0.1) is 4.90 Å². The normalized spacial score (nSPS) is 11.5. The zero-order valence-electron chi connectivity index (χ0n) is 13.9. The third-order valence-electron chi connectivity index (χ3n) is 3.15. The minimum absolute atomic E-state index is 0.0466. The molecule has 0 aromatic heterocycles. The van der Waals surface area contributed by atoms with Gasteiger partial charge in [0.1, 0.15) is 0 Å². The van der Waals surface area contributed by atoms with E-state index < -0.39 is 16.0 Å². The van der Waals surface area contributed by atoms with Crippen LogP contribution in [0.3, 0.4) is 0 Å². The Balaban J connectivity index is 2.57. The molecular formula is C16H24N2O5S. The van der Waals surface area contributed by atoms with Crippen molar-refractivity contribution in [2.75, 3.05) is 6.54 Å². The predicted molar refractivity (Wildman–Crippen MR) is 90.3 cm³/mol. The van der Waals surface area contributed by atoms with E-state index in [0.29, 0.717) is 25.8 Å². The first kappa shape index (κ1) is 20.1. The van der Waals surface area contributed by atoms with Gasteiger partial charge in [0.15, 0.2) is 0 Å². The molecule has 0 fully saturated rings. The van der Waals surface area contributed by atoms with E-state index in [4.69, 9.17) is 5.11 Å². The van der Waals surface area contributed by atoms with Gasteiger partial charge in [-0.1, -0.05) is 12.5 Å². The molecule has 1 aromatic carbocycles. The number of hydrogen-bond donors (Lipinski definition) is 3. The lowest BCUT2D eigenvalue weighted by molar-refractivity contribution is -0.137. The number of unbranched alkanes of at least 4 members (excludes halogenated alkanes) is 2. The molecule has 1 rings (SSSR count). The molecule has 0 saturated carbocycles. The van der Waals surface area contributed by atoms with Crippen molar-refractivity contribution < 1.29 is 23.1 Å². The maximum atomic E-state index is 12.1. The Morgan fingerprint density at radius 1 is 1.17 bits per heavy atom. The molecule has 0 spiro atoms. The van der Waals surface area contributed by atoms with Gasteiger partial charge in [-0.15, -0.1) is 0 Å². The standard InChI is InChI=1S/C16H24N2O5S/c1-12(2)18-24(22,23)14-8-6-7-13(11-14)16(21)17-10-5-3-4-9-15(19)20/h6-8,11-12,18H,3-5,9-10H2,1-2H3,(H,17,21)(H,19,20). The molecular weight excluding hydrogens is 332 g/mol. The van der Waals surface area contributed by atoms with Crippen LogP contribution in [-0.4, -0.2) is 38.0 Å². The number of carbonyl (C=O) groups excluding carboxylic acids is 1. The molecule has 0 aliphatic heterocycles. The first-order chi connectivity index (χ1) is 11.2. The van der Waals surface area contributed by atoms with Crippen molar-refractivity contribution in [1.29, 1.82) is 0 Å². The lowest BCUT2D eigenvalue weighted by Crippen LogP contribution is -2.30. The van der Waals surface area contributed by atoms with E-state index in [0.717, 1.165) is 0 Å². The molecule has 0 radical (unpaired) electrons. The molecule has 0 saturated heterocycles. The molecule has 0 aliphatic rings. The minimum Gasteiger partial charge on any atom is -0.481 e. The summed E-state index contributed by atoms with van der Waals surface area (Å²) in [5.41, 5.74) is 0.271. The zero-order chi connectivity index (χ0) is 18.2. The first-order valence-electron chi connectivity index (χ1n) is 7.85. The third-order valence-corrected chi connectivity index (χ3v) is 4.81. The highest BCUT2D eigenvalue weighted by Gasteiger charge is 2.17. The summed E-state index contributed by atoms with van der Waals surface area (Å²) in [4.78, 5) is 22.5. The van der Waals surface area contributed by atoms with Gasteiger partial charge in [-0.25, -0.2) is 13.1 Å². The van der Waals surface area contributed by atoms with Crippen LogP contribution >= 0.6 is 0 Å². The molecule has 0 unspecified atom stereocenters. The van der Waals surface area contributed by atoms with Crippen molar-refractivity contribution in [2.45, 2.75) is 50.5 Å². The predicted octanol–water partition coefficient (Wildman–Crippen LogP) is 1.75. The molecule has 1 aromatic rings. The van der Waals surface area contributed by atoms with E-state index in [1.165, 1.54) is 18.2 Å². The Bertz CT molecular complexity index is 671. The molecule has 0 atom stereocenters. The molecule has 24 heavy (non-hydrogen) atoms. The number of nitrogens with one attached hydrogen (secondary N) is 2. The Morgan fingerprint density at radius 3 is 2.50 bits per heavy atom. The van der Waals surface area contributed by atoms with Gasteiger partial charge < -0.3 is 10.4 Å². The number of carboxylic acids is 1. The van der Waals surface area contributed by atoms with Gasteiger partial charge in [0.25, 0.3) is 5.91 Å². The summed E-state index contributed by atoms with van der Waals surface area (Å²) < 4.78 is 26.7. The molecule has 3 N–H and O–H groups in total. The maximum absolute atomic E-state index is 12.1. The fourth-order valence-corrected chi connectivity index (χ4v) is 3.36. The molecule has 0 heterocycles. The average molecular weight is 356 g/mol. The summed E-state index contributed by atoms with van der Waals surface area (Å²) in [5, 5.41) is 11.2. The van der Waals surface area contributed by atoms with E-state index in [1.807, 2.05) is 0 Å². The summed E-state index contributed by atoms with van der Waals surface area (Å²) in [7, 11) is -3.64. The topological polar surface area (TPSA) is 113 Å². The summed E-state index contributed by atoms with van der Waals surface area (Å²) in [6.45, 7) is 3.86. The molecule has 7 nitrogen and oxygen atoms in total. The second-order valence-corrected chi connectivity index (χ2v) is 7.48. The summed E-state index contributed by atoms with van der Waals surface area (Å²) in [5.74, 6) is -1.18. The summed E-state index contributed by atoms with van der Waals surface area (Å²) in [6, 6.07) is 5.61. The Labute approximate surface area is 142 Å². The molecule has 8 heteroatoms. The smallest absolute Gasteiger partial charge is 0.303 e. The molecule has 0 bridgehead atoms. The lowest BCUT2D eigenvalue weighted by atomic mass is 10.2.